The molecule has 0 radical (unpaired) electrons. The molecule has 1 amide bonds. The van der Waals surface area contributed by atoms with E-state index in [1.165, 1.54) is 0 Å². The Bertz CT molecular complexity index is 473. The quantitative estimate of drug-likeness (QED) is 0.896. The van der Waals surface area contributed by atoms with Gasteiger partial charge in [0.2, 0.25) is 5.91 Å². The normalized spacial score (nSPS) is 17.8. The molecule has 20 heavy (non-hydrogen) atoms. The van der Waals surface area contributed by atoms with E-state index >= 15 is 0 Å². The number of hydrogen-bond acceptors (Lipinski definition) is 2. The van der Waals surface area contributed by atoms with Crippen molar-refractivity contribution < 1.29 is 4.79 Å². The van der Waals surface area contributed by atoms with E-state index in [0.29, 0.717) is 22.5 Å². The van der Waals surface area contributed by atoms with Crippen molar-refractivity contribution in [1.29, 1.82) is 0 Å². The first-order chi connectivity index (χ1) is 9.58. The summed E-state index contributed by atoms with van der Waals surface area (Å²) in [4.78, 5) is 11.2. The number of hydrogen-bond donors (Lipinski definition) is 2. The van der Waals surface area contributed by atoms with Gasteiger partial charge in [0.25, 0.3) is 0 Å². The van der Waals surface area contributed by atoms with Gasteiger partial charge >= 0.3 is 0 Å². The molecule has 1 atom stereocenters. The van der Waals surface area contributed by atoms with Gasteiger partial charge in [-0.2, -0.15) is 0 Å². The number of rotatable bonds is 4. The molecule has 110 valence electrons. The second-order valence-electron chi connectivity index (χ2n) is 5.30. The summed E-state index contributed by atoms with van der Waals surface area (Å²) in [5, 5.41) is 7.46. The smallest absolute Gasteiger partial charge is 0.216 e. The molecule has 2 rings (SSSR count). The average molecular weight is 315 g/mol. The van der Waals surface area contributed by atoms with Gasteiger partial charge in [0.1, 0.15) is 0 Å². The van der Waals surface area contributed by atoms with Crippen molar-refractivity contribution in [1.82, 2.24) is 10.6 Å². The van der Waals surface area contributed by atoms with Crippen LogP contribution in [0, 0.1) is 5.92 Å². The Hall–Kier alpha value is -0.770. The van der Waals surface area contributed by atoms with Crippen molar-refractivity contribution >= 4 is 29.1 Å². The Kier molecular flexibility index (Phi) is 5.70. The highest BCUT2D eigenvalue weighted by atomic mass is 35.5. The SMILES string of the molecule is CC(=O)NCC(c1ccc(Cl)c(Cl)c1)C1CCNCC1. The Morgan fingerprint density at radius 3 is 2.65 bits per heavy atom. The molecule has 2 N–H and O–H groups in total. The van der Waals surface area contributed by atoms with Crippen molar-refractivity contribution in [2.24, 2.45) is 5.92 Å². The lowest BCUT2D eigenvalue weighted by Crippen LogP contribution is -2.36. The first-order valence-electron chi connectivity index (χ1n) is 6.98. The highest BCUT2D eigenvalue weighted by Crippen LogP contribution is 2.33. The summed E-state index contributed by atoms with van der Waals surface area (Å²) < 4.78 is 0. The number of nitrogens with one attached hydrogen (secondary N) is 2. The Morgan fingerprint density at radius 2 is 2.05 bits per heavy atom. The predicted octanol–water partition coefficient (Wildman–Crippen LogP) is 3.21. The molecule has 0 saturated carbocycles. The number of carbonyl (C=O) groups is 1. The van der Waals surface area contributed by atoms with E-state index in [0.717, 1.165) is 31.5 Å². The average Bonchev–Trinajstić information content (AvgIpc) is 2.44. The summed E-state index contributed by atoms with van der Waals surface area (Å²) in [6.07, 6.45) is 2.23. The minimum absolute atomic E-state index is 0.00370. The van der Waals surface area contributed by atoms with Crippen LogP contribution in [0.15, 0.2) is 18.2 Å². The maximum absolute atomic E-state index is 11.2. The zero-order chi connectivity index (χ0) is 14.5. The number of benzene rings is 1. The lowest BCUT2D eigenvalue weighted by molar-refractivity contribution is -0.119. The summed E-state index contributed by atoms with van der Waals surface area (Å²) in [6.45, 7) is 4.26. The van der Waals surface area contributed by atoms with Crippen LogP contribution < -0.4 is 10.6 Å². The van der Waals surface area contributed by atoms with Gasteiger partial charge in [-0.3, -0.25) is 4.79 Å². The summed E-state index contributed by atoms with van der Waals surface area (Å²) in [5.74, 6) is 0.847. The fourth-order valence-electron chi connectivity index (χ4n) is 2.80. The topological polar surface area (TPSA) is 41.1 Å². The number of carbonyl (C=O) groups excluding carboxylic acids is 1. The molecule has 1 unspecified atom stereocenters. The van der Waals surface area contributed by atoms with E-state index in [9.17, 15) is 4.79 Å². The third kappa shape index (κ3) is 4.11. The van der Waals surface area contributed by atoms with Gasteiger partial charge in [0.05, 0.1) is 10.0 Å². The van der Waals surface area contributed by atoms with E-state index in [1.54, 1.807) is 6.92 Å². The van der Waals surface area contributed by atoms with E-state index < -0.39 is 0 Å². The van der Waals surface area contributed by atoms with Crippen LogP contribution in [0.4, 0.5) is 0 Å². The molecular weight excluding hydrogens is 295 g/mol. The van der Waals surface area contributed by atoms with E-state index in [1.807, 2.05) is 18.2 Å². The first-order valence-corrected chi connectivity index (χ1v) is 7.73. The summed E-state index contributed by atoms with van der Waals surface area (Å²) >= 11 is 12.1. The van der Waals surface area contributed by atoms with E-state index in [-0.39, 0.29) is 11.8 Å². The summed E-state index contributed by atoms with van der Waals surface area (Å²) in [6, 6.07) is 5.78. The van der Waals surface area contributed by atoms with Crippen LogP contribution in [0.2, 0.25) is 10.0 Å². The van der Waals surface area contributed by atoms with Crippen molar-refractivity contribution in [3.05, 3.63) is 33.8 Å². The van der Waals surface area contributed by atoms with Crippen LogP contribution in [0.5, 0.6) is 0 Å². The van der Waals surface area contributed by atoms with Crippen LogP contribution in [-0.4, -0.2) is 25.5 Å². The lowest BCUT2D eigenvalue weighted by Gasteiger charge is -2.31. The molecule has 1 heterocycles. The van der Waals surface area contributed by atoms with Gasteiger partial charge in [0.15, 0.2) is 0 Å². The monoisotopic (exact) mass is 314 g/mol. The Labute approximate surface area is 130 Å². The molecule has 1 saturated heterocycles. The first kappa shape index (κ1) is 15.6. The van der Waals surface area contributed by atoms with Crippen LogP contribution in [-0.2, 0) is 4.79 Å². The largest absolute Gasteiger partial charge is 0.356 e. The molecule has 1 fully saturated rings. The van der Waals surface area contributed by atoms with Crippen LogP contribution in [0.3, 0.4) is 0 Å². The van der Waals surface area contributed by atoms with E-state index in [2.05, 4.69) is 10.6 Å². The molecule has 5 heteroatoms. The minimum atomic E-state index is 0.00370. The van der Waals surface area contributed by atoms with Gasteiger partial charge in [-0.1, -0.05) is 29.3 Å². The Morgan fingerprint density at radius 1 is 1.35 bits per heavy atom. The van der Waals surface area contributed by atoms with E-state index in [4.69, 9.17) is 23.2 Å². The molecule has 3 nitrogen and oxygen atoms in total. The van der Waals surface area contributed by atoms with Gasteiger partial charge in [-0.25, -0.2) is 0 Å². The molecule has 0 aliphatic carbocycles. The second kappa shape index (κ2) is 7.30. The van der Waals surface area contributed by atoms with Gasteiger partial charge in [-0.05, 0) is 49.5 Å². The molecule has 0 aromatic heterocycles. The van der Waals surface area contributed by atoms with Gasteiger partial charge < -0.3 is 10.6 Å². The van der Waals surface area contributed by atoms with Crippen molar-refractivity contribution in [2.75, 3.05) is 19.6 Å². The zero-order valence-corrected chi connectivity index (χ0v) is 13.1. The van der Waals surface area contributed by atoms with Crippen LogP contribution >= 0.6 is 23.2 Å². The molecule has 1 aromatic carbocycles. The van der Waals surface area contributed by atoms with Gasteiger partial charge in [-0.15, -0.1) is 0 Å². The zero-order valence-electron chi connectivity index (χ0n) is 11.6. The summed E-state index contributed by atoms with van der Waals surface area (Å²) in [5.41, 5.74) is 1.15. The molecule has 1 aliphatic heterocycles. The molecule has 0 bridgehead atoms. The maximum Gasteiger partial charge on any atom is 0.216 e. The number of amides is 1. The highest BCUT2D eigenvalue weighted by Gasteiger charge is 2.25. The van der Waals surface area contributed by atoms with Crippen LogP contribution in [0.1, 0.15) is 31.2 Å². The number of halogens is 2. The molecule has 1 aliphatic rings. The highest BCUT2D eigenvalue weighted by molar-refractivity contribution is 6.42. The molecular formula is C15H20Cl2N2O. The lowest BCUT2D eigenvalue weighted by atomic mass is 9.80. The second-order valence-corrected chi connectivity index (χ2v) is 6.12. The van der Waals surface area contributed by atoms with Gasteiger partial charge in [0, 0.05) is 19.4 Å². The molecule has 0 spiro atoms. The van der Waals surface area contributed by atoms with Crippen LogP contribution in [0.25, 0.3) is 0 Å². The third-order valence-corrected chi connectivity index (χ3v) is 4.63. The summed E-state index contributed by atoms with van der Waals surface area (Å²) in [7, 11) is 0. The Balaban J connectivity index is 2.19. The third-order valence-electron chi connectivity index (χ3n) is 3.90. The van der Waals surface area contributed by atoms with Crippen molar-refractivity contribution in [3.8, 4) is 0 Å². The molecule has 1 aromatic rings. The van der Waals surface area contributed by atoms with Crippen molar-refractivity contribution in [2.45, 2.75) is 25.7 Å². The van der Waals surface area contributed by atoms with Crippen molar-refractivity contribution in [3.63, 3.8) is 0 Å². The number of piperidine rings is 1. The predicted molar refractivity (Wildman–Crippen MR) is 83.5 cm³/mol. The fraction of sp³-hybridized carbons (Fsp3) is 0.533. The maximum atomic E-state index is 11.2. The fourth-order valence-corrected chi connectivity index (χ4v) is 3.11. The standard InChI is InChI=1S/C15H20Cl2N2O/c1-10(20)19-9-13(11-4-6-18-7-5-11)12-2-3-14(16)15(17)8-12/h2-3,8,11,13,18H,4-7,9H2,1H3,(H,19,20). The minimum Gasteiger partial charge on any atom is -0.356 e.